The van der Waals surface area contributed by atoms with Crippen LogP contribution in [0.1, 0.15) is 35.3 Å². The summed E-state index contributed by atoms with van der Waals surface area (Å²) in [6.07, 6.45) is 2.40. The highest BCUT2D eigenvalue weighted by atomic mass is 19.1. The maximum absolute atomic E-state index is 14.9. The van der Waals surface area contributed by atoms with Crippen LogP contribution in [0.4, 0.5) is 8.78 Å². The van der Waals surface area contributed by atoms with Crippen molar-refractivity contribution in [3.63, 3.8) is 0 Å². The van der Waals surface area contributed by atoms with E-state index in [1.54, 1.807) is 13.0 Å². The van der Waals surface area contributed by atoms with Gasteiger partial charge in [-0.15, -0.1) is 0 Å². The average Bonchev–Trinajstić information content (AvgIpc) is 3.64. The molecule has 5 rings (SSSR count). The molecule has 0 spiro atoms. The topological polar surface area (TPSA) is 109 Å². The number of likely N-dealkylation sites (tertiary alicyclic amines) is 1. The summed E-state index contributed by atoms with van der Waals surface area (Å²) in [6, 6.07) is 3.52. The number of piperidine rings is 1. The first-order chi connectivity index (χ1) is 17.9. The van der Waals surface area contributed by atoms with Crippen LogP contribution in [0.2, 0.25) is 0 Å². The molecule has 11 heteroatoms. The minimum absolute atomic E-state index is 0.112. The van der Waals surface area contributed by atoms with E-state index in [-0.39, 0.29) is 31.0 Å². The quantitative estimate of drug-likeness (QED) is 0.479. The lowest BCUT2D eigenvalue weighted by molar-refractivity contribution is -0.137. The molecule has 1 aliphatic heterocycles. The van der Waals surface area contributed by atoms with Crippen LogP contribution in [0, 0.1) is 18.7 Å². The summed E-state index contributed by atoms with van der Waals surface area (Å²) in [4.78, 5) is 38.5. The number of nitrogens with one attached hydrogen (secondary N) is 2. The Balaban J connectivity index is 1.40. The Morgan fingerprint density at radius 2 is 2.05 bits per heavy atom. The predicted octanol–water partition coefficient (Wildman–Crippen LogP) is 3.18. The van der Waals surface area contributed by atoms with Gasteiger partial charge in [0.1, 0.15) is 41.9 Å². The van der Waals surface area contributed by atoms with Crippen LogP contribution in [0.3, 0.4) is 0 Å². The molecule has 1 aromatic carbocycles. The fraction of sp³-hybridized carbons (Fsp3) is 0.462. The lowest BCUT2D eigenvalue weighted by Crippen LogP contribution is -2.54. The Labute approximate surface area is 212 Å². The van der Waals surface area contributed by atoms with E-state index < -0.39 is 23.9 Å². The van der Waals surface area contributed by atoms with E-state index in [1.165, 1.54) is 30.5 Å². The normalized spacial score (nSPS) is 19.7. The van der Waals surface area contributed by atoms with Gasteiger partial charge in [-0.05, 0) is 50.3 Å². The highest BCUT2D eigenvalue weighted by Gasteiger charge is 2.33. The Morgan fingerprint density at radius 3 is 2.78 bits per heavy atom. The molecular weight excluding hydrogens is 484 g/mol. The van der Waals surface area contributed by atoms with Gasteiger partial charge in [-0.2, -0.15) is 0 Å². The van der Waals surface area contributed by atoms with Gasteiger partial charge in [-0.25, -0.2) is 18.7 Å². The van der Waals surface area contributed by atoms with Crippen LogP contribution in [-0.2, 0) is 9.53 Å². The third kappa shape index (κ3) is 5.27. The minimum atomic E-state index is -1.42. The van der Waals surface area contributed by atoms with E-state index in [0.29, 0.717) is 52.8 Å². The number of aryl methyl sites for hydroxylation is 1. The van der Waals surface area contributed by atoms with Crippen LogP contribution in [-0.4, -0.2) is 77.3 Å². The summed E-state index contributed by atoms with van der Waals surface area (Å²) in [6.45, 7) is 2.35. The molecule has 37 heavy (non-hydrogen) atoms. The second-order valence-electron chi connectivity index (χ2n) is 9.62. The molecule has 2 unspecified atom stereocenters. The molecule has 1 aliphatic carbocycles. The number of hydrogen-bond donors (Lipinski definition) is 2. The van der Waals surface area contributed by atoms with E-state index in [0.717, 1.165) is 12.8 Å². The van der Waals surface area contributed by atoms with Crippen molar-refractivity contribution in [2.75, 3.05) is 33.4 Å². The number of hydrogen-bond acceptors (Lipinski definition) is 6. The molecule has 2 fully saturated rings. The molecule has 1 saturated heterocycles. The monoisotopic (exact) mass is 513 g/mol. The molecule has 2 N–H and O–H groups in total. The third-order valence-corrected chi connectivity index (χ3v) is 6.85. The van der Waals surface area contributed by atoms with E-state index >= 15 is 0 Å². The van der Waals surface area contributed by atoms with Crippen LogP contribution < -0.4 is 10.1 Å². The van der Waals surface area contributed by atoms with E-state index in [2.05, 4.69) is 20.3 Å². The molecule has 2 aliphatic rings. The molecular formula is C26H29F2N5O4. The van der Waals surface area contributed by atoms with Crippen molar-refractivity contribution in [2.24, 2.45) is 5.92 Å². The first-order valence-electron chi connectivity index (χ1n) is 12.3. The maximum atomic E-state index is 14.9. The molecule has 9 nitrogen and oxygen atoms in total. The zero-order valence-electron chi connectivity index (χ0n) is 20.7. The van der Waals surface area contributed by atoms with Crippen LogP contribution in [0.25, 0.3) is 22.3 Å². The van der Waals surface area contributed by atoms with Crippen LogP contribution in [0.15, 0.2) is 24.5 Å². The van der Waals surface area contributed by atoms with Gasteiger partial charge in [-0.3, -0.25) is 9.59 Å². The number of benzene rings is 1. The van der Waals surface area contributed by atoms with Gasteiger partial charge in [0, 0.05) is 24.9 Å². The zero-order valence-corrected chi connectivity index (χ0v) is 20.7. The molecule has 196 valence electrons. The van der Waals surface area contributed by atoms with E-state index in [9.17, 15) is 18.4 Å². The first kappa shape index (κ1) is 25.1. The number of rotatable bonds is 8. The number of methoxy groups -OCH3 is 1. The molecule has 2 aromatic heterocycles. The van der Waals surface area contributed by atoms with Crippen molar-refractivity contribution in [3.8, 4) is 17.0 Å². The van der Waals surface area contributed by atoms with Gasteiger partial charge in [0.2, 0.25) is 5.91 Å². The number of ether oxygens (including phenoxy) is 2. The van der Waals surface area contributed by atoms with Crippen molar-refractivity contribution >= 4 is 22.8 Å². The van der Waals surface area contributed by atoms with Crippen molar-refractivity contribution in [3.05, 3.63) is 41.6 Å². The summed E-state index contributed by atoms with van der Waals surface area (Å²) in [5.74, 6) is -0.199. The van der Waals surface area contributed by atoms with Crippen molar-refractivity contribution in [1.82, 2.24) is 25.2 Å². The van der Waals surface area contributed by atoms with Crippen molar-refractivity contribution < 1.29 is 27.8 Å². The van der Waals surface area contributed by atoms with Gasteiger partial charge >= 0.3 is 0 Å². The van der Waals surface area contributed by atoms with Crippen molar-refractivity contribution in [1.29, 1.82) is 0 Å². The molecule has 0 radical (unpaired) electrons. The van der Waals surface area contributed by atoms with Gasteiger partial charge in [0.15, 0.2) is 0 Å². The summed E-state index contributed by atoms with van der Waals surface area (Å²) < 4.78 is 39.9. The number of halogens is 2. The highest BCUT2D eigenvalue weighted by molar-refractivity contribution is 6.09. The summed E-state index contributed by atoms with van der Waals surface area (Å²) >= 11 is 0. The second-order valence-corrected chi connectivity index (χ2v) is 9.62. The smallest absolute Gasteiger partial charge is 0.255 e. The fourth-order valence-corrected chi connectivity index (χ4v) is 4.66. The number of nitrogens with zero attached hydrogens (tertiary/aromatic N) is 3. The second kappa shape index (κ2) is 10.4. The molecule has 2 amide bonds. The number of aromatic amines is 1. The number of H-pyrrole nitrogens is 1. The molecule has 2 atom stereocenters. The number of amides is 2. The SMILES string of the molecule is COCC(=O)N1CCC(NC(=O)c2c(C)[nH]c3c(-c4cc(F)ccc4OCC4CC4)ncnc23)C(F)C1. The number of aromatic nitrogens is 3. The molecule has 0 bridgehead atoms. The van der Waals surface area contributed by atoms with Gasteiger partial charge < -0.3 is 24.7 Å². The standard InChI is InChI=1S/C26H29F2N5O4/c1-14-22(26(35)32-19-7-8-33(10-18(19)28)21(34)12-36-2)24-25(31-14)23(29-13-30-24)17-9-16(27)5-6-20(17)37-11-15-3-4-15/h5-6,9,13,15,18-19,31H,3-4,7-8,10-12H2,1-2H3,(H,32,35). The van der Waals surface area contributed by atoms with Crippen LogP contribution >= 0.6 is 0 Å². The van der Waals surface area contributed by atoms with Crippen LogP contribution in [0.5, 0.6) is 5.75 Å². The Morgan fingerprint density at radius 1 is 1.24 bits per heavy atom. The lowest BCUT2D eigenvalue weighted by Gasteiger charge is -2.35. The summed E-state index contributed by atoms with van der Waals surface area (Å²) in [7, 11) is 1.41. The van der Waals surface area contributed by atoms with Gasteiger partial charge in [-0.1, -0.05) is 0 Å². The Kier molecular flexibility index (Phi) is 7.05. The average molecular weight is 514 g/mol. The summed E-state index contributed by atoms with van der Waals surface area (Å²) in [5, 5.41) is 2.77. The summed E-state index contributed by atoms with van der Waals surface area (Å²) in [5.41, 5.74) is 2.46. The number of fused-ring (bicyclic) bond motifs is 1. The molecule has 3 aromatic rings. The molecule has 3 heterocycles. The minimum Gasteiger partial charge on any atom is -0.493 e. The molecule has 1 saturated carbocycles. The van der Waals surface area contributed by atoms with Gasteiger partial charge in [0.05, 0.1) is 30.3 Å². The fourth-order valence-electron chi connectivity index (χ4n) is 4.66. The first-order valence-corrected chi connectivity index (χ1v) is 12.3. The van der Waals surface area contributed by atoms with E-state index in [4.69, 9.17) is 9.47 Å². The van der Waals surface area contributed by atoms with Gasteiger partial charge in [0.25, 0.3) is 5.91 Å². The number of carbonyl (C=O) groups is 2. The largest absolute Gasteiger partial charge is 0.493 e. The Bertz CT molecular complexity index is 1330. The highest BCUT2D eigenvalue weighted by Crippen LogP contribution is 2.36. The van der Waals surface area contributed by atoms with E-state index in [1.807, 2.05) is 0 Å². The lowest BCUT2D eigenvalue weighted by atomic mass is 10.0. The third-order valence-electron chi connectivity index (χ3n) is 6.85. The number of carbonyl (C=O) groups excluding carboxylic acids is 2. The maximum Gasteiger partial charge on any atom is 0.255 e. The number of alkyl halides is 1. The predicted molar refractivity (Wildman–Crippen MR) is 131 cm³/mol. The van der Waals surface area contributed by atoms with Crippen molar-refractivity contribution in [2.45, 2.75) is 38.4 Å². The Hall–Kier alpha value is -3.60. The zero-order chi connectivity index (χ0) is 26.1.